The van der Waals surface area contributed by atoms with Gasteiger partial charge in [0.05, 0.1) is 10.8 Å². The van der Waals surface area contributed by atoms with Crippen LogP contribution in [0.4, 0.5) is 11.4 Å². The fourth-order valence-electron chi connectivity index (χ4n) is 4.38. The highest BCUT2D eigenvalue weighted by molar-refractivity contribution is 7.89. The van der Waals surface area contributed by atoms with Gasteiger partial charge in [0, 0.05) is 43.0 Å². The van der Waals surface area contributed by atoms with Crippen LogP contribution in [0.3, 0.4) is 0 Å². The number of nitrogens with one attached hydrogen (secondary N) is 1. The first kappa shape index (κ1) is 22.8. The highest BCUT2D eigenvalue weighted by Gasteiger charge is 2.33. The Morgan fingerprint density at radius 3 is 2.53 bits per heavy atom. The van der Waals surface area contributed by atoms with E-state index in [-0.39, 0.29) is 23.3 Å². The molecule has 0 aromatic heterocycles. The third-order valence-electron chi connectivity index (χ3n) is 6.05. The van der Waals surface area contributed by atoms with Crippen LogP contribution in [0.1, 0.15) is 31.7 Å². The van der Waals surface area contributed by atoms with E-state index in [1.807, 2.05) is 12.1 Å². The number of aryl methyl sites for hydroxylation is 1. The first-order chi connectivity index (χ1) is 15.3. The van der Waals surface area contributed by atoms with Crippen molar-refractivity contribution in [3.63, 3.8) is 0 Å². The zero-order valence-corrected chi connectivity index (χ0v) is 19.5. The second-order valence-corrected chi connectivity index (χ2v) is 10.6. The van der Waals surface area contributed by atoms with Gasteiger partial charge in [-0.1, -0.05) is 11.6 Å². The van der Waals surface area contributed by atoms with E-state index in [1.54, 1.807) is 30.0 Å². The first-order valence-electron chi connectivity index (χ1n) is 10.7. The van der Waals surface area contributed by atoms with E-state index in [0.29, 0.717) is 36.6 Å². The molecule has 2 aromatic rings. The molecule has 2 amide bonds. The lowest BCUT2D eigenvalue weighted by molar-refractivity contribution is -0.121. The molecule has 1 N–H and O–H groups in total. The maximum Gasteiger partial charge on any atom is 0.243 e. The van der Waals surface area contributed by atoms with Crippen LogP contribution in [0.15, 0.2) is 47.4 Å². The molecule has 0 radical (unpaired) electrons. The van der Waals surface area contributed by atoms with Crippen LogP contribution in [0.5, 0.6) is 0 Å². The number of hydrogen-bond donors (Lipinski definition) is 1. The standard InChI is InChI=1S/C23H26ClN3O4S/c1-16(28)27-13-3-4-17-14-20(8-11-22(17)27)25-23(29)18-5-2-12-26(15-18)32(30,31)21-9-6-19(24)7-10-21/h6-11,14,18H,2-5,12-13,15H2,1H3,(H,25,29). The normalized spacial score (nSPS) is 19.3. The summed E-state index contributed by atoms with van der Waals surface area (Å²) in [5.74, 6) is -0.623. The maximum atomic E-state index is 13.0. The molecule has 0 saturated carbocycles. The third-order valence-corrected chi connectivity index (χ3v) is 8.18. The lowest BCUT2D eigenvalue weighted by Gasteiger charge is -2.31. The molecule has 2 heterocycles. The molecule has 1 atom stereocenters. The van der Waals surface area contributed by atoms with E-state index >= 15 is 0 Å². The SMILES string of the molecule is CC(=O)N1CCCc2cc(NC(=O)C3CCCN(S(=O)(=O)c4ccc(Cl)cc4)C3)ccc21. The molecule has 1 unspecified atom stereocenters. The summed E-state index contributed by atoms with van der Waals surface area (Å²) in [6.07, 6.45) is 2.97. The first-order valence-corrected chi connectivity index (χ1v) is 12.5. The van der Waals surface area contributed by atoms with Crippen molar-refractivity contribution in [2.75, 3.05) is 29.9 Å². The summed E-state index contributed by atoms with van der Waals surface area (Å²) < 4.78 is 27.4. The quantitative estimate of drug-likeness (QED) is 0.730. The molecule has 170 valence electrons. The van der Waals surface area contributed by atoms with Crippen LogP contribution in [-0.4, -0.2) is 44.2 Å². The number of fused-ring (bicyclic) bond motifs is 1. The molecule has 2 aromatic carbocycles. The van der Waals surface area contributed by atoms with Gasteiger partial charge >= 0.3 is 0 Å². The number of carbonyl (C=O) groups excluding carboxylic acids is 2. The van der Waals surface area contributed by atoms with Crippen molar-refractivity contribution in [2.24, 2.45) is 5.92 Å². The van der Waals surface area contributed by atoms with Crippen molar-refractivity contribution in [1.82, 2.24) is 4.31 Å². The highest BCUT2D eigenvalue weighted by Crippen LogP contribution is 2.31. The molecule has 9 heteroatoms. The Bertz CT molecular complexity index is 1130. The number of carbonyl (C=O) groups is 2. The Hall–Kier alpha value is -2.42. The predicted octanol–water partition coefficient (Wildman–Crippen LogP) is 3.68. The summed E-state index contributed by atoms with van der Waals surface area (Å²) in [4.78, 5) is 26.7. The van der Waals surface area contributed by atoms with Crippen molar-refractivity contribution in [2.45, 2.75) is 37.5 Å². The fraction of sp³-hybridized carbons (Fsp3) is 0.391. The number of sulfonamides is 1. The van der Waals surface area contributed by atoms with Crippen molar-refractivity contribution in [3.05, 3.63) is 53.1 Å². The smallest absolute Gasteiger partial charge is 0.243 e. The average molecular weight is 476 g/mol. The number of hydrogen-bond acceptors (Lipinski definition) is 4. The molecular formula is C23H26ClN3O4S. The Morgan fingerprint density at radius 1 is 1.06 bits per heavy atom. The van der Waals surface area contributed by atoms with Gasteiger partial charge in [-0.2, -0.15) is 4.31 Å². The molecule has 0 bridgehead atoms. The Labute approximate surface area is 193 Å². The summed E-state index contributed by atoms with van der Waals surface area (Å²) in [7, 11) is -3.69. The lowest BCUT2D eigenvalue weighted by atomic mass is 9.98. The number of amides is 2. The minimum atomic E-state index is -3.69. The van der Waals surface area contributed by atoms with E-state index in [1.165, 1.54) is 16.4 Å². The van der Waals surface area contributed by atoms with Crippen molar-refractivity contribution < 1.29 is 18.0 Å². The van der Waals surface area contributed by atoms with E-state index in [2.05, 4.69) is 5.32 Å². The molecule has 0 aliphatic carbocycles. The predicted molar refractivity (Wildman–Crippen MR) is 124 cm³/mol. The van der Waals surface area contributed by atoms with Gasteiger partial charge in [0.25, 0.3) is 0 Å². The maximum absolute atomic E-state index is 13.0. The van der Waals surface area contributed by atoms with Crippen molar-refractivity contribution >= 4 is 44.8 Å². The van der Waals surface area contributed by atoms with Gasteiger partial charge in [-0.3, -0.25) is 9.59 Å². The summed E-state index contributed by atoms with van der Waals surface area (Å²) >= 11 is 5.88. The van der Waals surface area contributed by atoms with Crippen LogP contribution >= 0.6 is 11.6 Å². The van der Waals surface area contributed by atoms with E-state index in [9.17, 15) is 18.0 Å². The van der Waals surface area contributed by atoms with Gasteiger partial charge in [-0.05, 0) is 73.7 Å². The molecule has 2 aliphatic heterocycles. The van der Waals surface area contributed by atoms with Gasteiger partial charge in [0.1, 0.15) is 0 Å². The van der Waals surface area contributed by atoms with E-state index in [4.69, 9.17) is 11.6 Å². The van der Waals surface area contributed by atoms with E-state index in [0.717, 1.165) is 24.1 Å². The van der Waals surface area contributed by atoms with Gasteiger partial charge < -0.3 is 10.2 Å². The summed E-state index contributed by atoms with van der Waals surface area (Å²) in [5.41, 5.74) is 2.58. The highest BCUT2D eigenvalue weighted by atomic mass is 35.5. The van der Waals surface area contributed by atoms with Crippen LogP contribution in [0, 0.1) is 5.92 Å². The molecule has 2 aliphatic rings. The fourth-order valence-corrected chi connectivity index (χ4v) is 6.03. The van der Waals surface area contributed by atoms with Crippen LogP contribution < -0.4 is 10.2 Å². The molecule has 1 saturated heterocycles. The number of anilines is 2. The Kier molecular flexibility index (Phi) is 6.55. The Morgan fingerprint density at radius 2 is 1.81 bits per heavy atom. The van der Waals surface area contributed by atoms with E-state index < -0.39 is 15.9 Å². The average Bonchev–Trinajstić information content (AvgIpc) is 2.78. The van der Waals surface area contributed by atoms with Gasteiger partial charge in [-0.15, -0.1) is 0 Å². The molecular weight excluding hydrogens is 450 g/mol. The second-order valence-electron chi connectivity index (χ2n) is 8.26. The molecule has 1 fully saturated rings. The van der Waals surface area contributed by atoms with Crippen LogP contribution in [0.2, 0.25) is 5.02 Å². The van der Waals surface area contributed by atoms with Gasteiger partial charge in [0.15, 0.2) is 0 Å². The second kappa shape index (κ2) is 9.21. The van der Waals surface area contributed by atoms with Crippen LogP contribution in [0.25, 0.3) is 0 Å². The van der Waals surface area contributed by atoms with Gasteiger partial charge in [-0.25, -0.2) is 8.42 Å². The number of piperidine rings is 1. The van der Waals surface area contributed by atoms with Gasteiger partial charge in [0.2, 0.25) is 21.8 Å². The van der Waals surface area contributed by atoms with Crippen molar-refractivity contribution in [1.29, 1.82) is 0 Å². The topological polar surface area (TPSA) is 86.8 Å². The molecule has 0 spiro atoms. The minimum absolute atomic E-state index is 0.00642. The summed E-state index contributed by atoms with van der Waals surface area (Å²) in [6, 6.07) is 11.6. The van der Waals surface area contributed by atoms with Crippen LogP contribution in [-0.2, 0) is 26.0 Å². The monoisotopic (exact) mass is 475 g/mol. The molecule has 4 rings (SSSR count). The molecule has 32 heavy (non-hydrogen) atoms. The number of rotatable bonds is 4. The minimum Gasteiger partial charge on any atom is -0.326 e. The number of nitrogens with zero attached hydrogens (tertiary/aromatic N) is 2. The number of benzene rings is 2. The summed E-state index contributed by atoms with van der Waals surface area (Å²) in [6.45, 7) is 2.78. The largest absolute Gasteiger partial charge is 0.326 e. The number of halogens is 1. The summed E-state index contributed by atoms with van der Waals surface area (Å²) in [5, 5.41) is 3.41. The van der Waals surface area contributed by atoms with Crippen molar-refractivity contribution in [3.8, 4) is 0 Å². The lowest BCUT2D eigenvalue weighted by Crippen LogP contribution is -2.43. The zero-order valence-electron chi connectivity index (χ0n) is 17.9. The zero-order chi connectivity index (χ0) is 22.9. The third kappa shape index (κ3) is 4.67. The Balaban J connectivity index is 1.46. The molecule has 7 nitrogen and oxygen atoms in total.